The number of allylic oxidation sites excluding steroid dienone is 10. The molecule has 1 amide bonds. The summed E-state index contributed by atoms with van der Waals surface area (Å²) in [6.45, 7) is 1.48. The van der Waals surface area contributed by atoms with E-state index in [1.54, 1.807) is 39.9 Å². The molecule has 1 aliphatic heterocycles. The fourth-order valence-corrected chi connectivity index (χ4v) is 5.88. The Labute approximate surface area is 320 Å². The molecule has 1 fully saturated rings. The molecule has 1 aromatic heterocycles. The van der Waals surface area contributed by atoms with Crippen molar-refractivity contribution in [2.75, 3.05) is 11.5 Å². The number of rotatable bonds is 14. The summed E-state index contributed by atoms with van der Waals surface area (Å²) in [5.74, 6) is 0.575. The predicted molar refractivity (Wildman–Crippen MR) is 204 cm³/mol. The average Bonchev–Trinajstić information content (AvgIpc) is 3.98. The van der Waals surface area contributed by atoms with E-state index in [0.29, 0.717) is 42.5 Å². The zero-order chi connectivity index (χ0) is 35.3. The molecule has 52 heavy (non-hydrogen) atoms. The number of aryl methyl sites for hydroxylation is 1. The third kappa shape index (κ3) is 10.7. The van der Waals surface area contributed by atoms with E-state index < -0.39 is 6.04 Å². The number of carbonyl (C=O) groups excluding carboxylic acids is 2. The molecule has 3 aromatic carbocycles. The summed E-state index contributed by atoms with van der Waals surface area (Å²) in [5.41, 5.74) is 4.24. The molecule has 0 saturated carbocycles. The number of hydrogen-bond acceptors (Lipinski definition) is 6. The second kappa shape index (κ2) is 19.5. The van der Waals surface area contributed by atoms with Gasteiger partial charge in [-0.25, -0.2) is 0 Å². The number of anilines is 1. The number of nitrogens with one attached hydrogen (secondary N) is 1. The van der Waals surface area contributed by atoms with Gasteiger partial charge in [-0.15, -0.1) is 5.10 Å². The molecule has 0 unspecified atom stereocenters. The van der Waals surface area contributed by atoms with E-state index in [1.165, 1.54) is 0 Å². The van der Waals surface area contributed by atoms with Gasteiger partial charge >= 0.3 is 17.1 Å². The van der Waals surface area contributed by atoms with Crippen LogP contribution in [-0.2, 0) is 35.0 Å². The standard InChI is InChI=1S/C37H34ClN5O3.C5H6.Fe/c38-30-16-18-32(19-17-30)43-34(20-14-27-8-2-1-3-9-27)36(37(43)45)39-25-31-26-42(41-40-31)22-7-23-46-33-13-6-12-29(24-33)35(44)21-15-28-10-4-5-11-28;1-2-4-5-3-1;/h1-4,6,8-21,24,26,34,36,39H,5,7,22-23,25H2;1-4H,5H2;/q;;+2/b20-14+,21-15+;;/t34-,36+;;/m1../s1. The van der Waals surface area contributed by atoms with Crippen LogP contribution in [0.15, 0.2) is 151 Å². The van der Waals surface area contributed by atoms with E-state index in [9.17, 15) is 9.59 Å². The number of β-lactam (4-membered cyclic amide) rings is 1. The van der Waals surface area contributed by atoms with Crippen LogP contribution in [0.4, 0.5) is 5.69 Å². The molecular formula is C42H40ClFeN5O3+2. The zero-order valence-electron chi connectivity index (χ0n) is 28.6. The number of nitrogens with zero attached hydrogens (tertiary/aromatic N) is 4. The minimum Gasteiger partial charge on any atom is -0.494 e. The zero-order valence-corrected chi connectivity index (χ0v) is 30.4. The van der Waals surface area contributed by atoms with Crippen LogP contribution in [0.2, 0.25) is 5.02 Å². The van der Waals surface area contributed by atoms with Gasteiger partial charge in [0.1, 0.15) is 11.8 Å². The molecule has 1 saturated heterocycles. The fraction of sp³-hybridized carbons (Fsp3) is 0.190. The molecule has 2 heterocycles. The quantitative estimate of drug-likeness (QED) is 0.0461. The smallest absolute Gasteiger partial charge is 0.494 e. The first-order valence-corrected chi connectivity index (χ1v) is 17.5. The molecule has 7 rings (SSSR count). The molecule has 0 bridgehead atoms. The van der Waals surface area contributed by atoms with Gasteiger partial charge in [-0.2, -0.15) is 0 Å². The van der Waals surface area contributed by atoms with Crippen molar-refractivity contribution >= 4 is 35.1 Å². The van der Waals surface area contributed by atoms with Gasteiger partial charge in [0.25, 0.3) is 0 Å². The molecule has 0 radical (unpaired) electrons. The summed E-state index contributed by atoms with van der Waals surface area (Å²) in [6.07, 6.45) is 26.6. The Morgan fingerprint density at radius 1 is 0.962 bits per heavy atom. The Kier molecular flexibility index (Phi) is 14.3. The molecular weight excluding hydrogens is 714 g/mol. The third-order valence-corrected chi connectivity index (χ3v) is 8.68. The maximum Gasteiger partial charge on any atom is 2.00 e. The van der Waals surface area contributed by atoms with E-state index in [4.69, 9.17) is 16.3 Å². The number of hydrogen-bond donors (Lipinski definition) is 1. The van der Waals surface area contributed by atoms with Gasteiger partial charge < -0.3 is 9.64 Å². The molecule has 2 atom stereocenters. The van der Waals surface area contributed by atoms with Crippen LogP contribution >= 0.6 is 11.6 Å². The molecule has 3 aliphatic rings. The van der Waals surface area contributed by atoms with Crippen LogP contribution in [0.5, 0.6) is 5.75 Å². The number of ketones is 1. The Morgan fingerprint density at radius 2 is 1.77 bits per heavy atom. The van der Waals surface area contributed by atoms with Gasteiger partial charge in [0.05, 0.1) is 18.3 Å². The Morgan fingerprint density at radius 3 is 2.50 bits per heavy atom. The molecule has 264 valence electrons. The number of carbonyl (C=O) groups is 2. The van der Waals surface area contributed by atoms with Crippen molar-refractivity contribution in [1.82, 2.24) is 20.3 Å². The summed E-state index contributed by atoms with van der Waals surface area (Å²) in [4.78, 5) is 27.6. The second-order valence-electron chi connectivity index (χ2n) is 12.1. The average molecular weight is 754 g/mol. The molecule has 8 nitrogen and oxygen atoms in total. The molecule has 0 spiro atoms. The van der Waals surface area contributed by atoms with Crippen molar-refractivity contribution < 1.29 is 31.4 Å². The number of amides is 1. The number of aromatic nitrogens is 3. The normalized spacial score (nSPS) is 17.2. The van der Waals surface area contributed by atoms with Crippen molar-refractivity contribution in [3.05, 3.63) is 173 Å². The largest absolute Gasteiger partial charge is 2.00 e. The molecule has 1 N–H and O–H groups in total. The van der Waals surface area contributed by atoms with Crippen molar-refractivity contribution in [2.45, 2.75) is 44.4 Å². The third-order valence-electron chi connectivity index (χ3n) is 8.42. The van der Waals surface area contributed by atoms with Gasteiger partial charge in [0.15, 0.2) is 5.78 Å². The Bertz CT molecular complexity index is 1970. The van der Waals surface area contributed by atoms with Crippen LogP contribution in [0, 0.1) is 0 Å². The predicted octanol–water partition coefficient (Wildman–Crippen LogP) is 8.11. The van der Waals surface area contributed by atoms with E-state index in [0.717, 1.165) is 35.4 Å². The first-order chi connectivity index (χ1) is 25.0. The number of benzene rings is 3. The number of ether oxygens (including phenoxy) is 1. The van der Waals surface area contributed by atoms with Crippen molar-refractivity contribution in [1.29, 1.82) is 0 Å². The maximum absolute atomic E-state index is 13.2. The topological polar surface area (TPSA) is 89.4 Å². The van der Waals surface area contributed by atoms with Gasteiger partial charge in [-0.3, -0.25) is 19.6 Å². The molecule has 4 aromatic rings. The summed E-state index contributed by atoms with van der Waals surface area (Å²) in [7, 11) is 0. The van der Waals surface area contributed by atoms with E-state index in [2.05, 4.69) is 52.1 Å². The summed E-state index contributed by atoms with van der Waals surface area (Å²) in [5, 5.41) is 12.5. The summed E-state index contributed by atoms with van der Waals surface area (Å²) >= 11 is 6.08. The Balaban J connectivity index is 0.000000803. The minimum atomic E-state index is -0.399. The molecule has 2 aliphatic carbocycles. The van der Waals surface area contributed by atoms with Gasteiger partial charge in [-0.05, 0) is 66.5 Å². The van der Waals surface area contributed by atoms with Crippen LogP contribution in [0.25, 0.3) is 6.08 Å². The number of halogens is 1. The SMILES string of the molecule is C1=CCC=C1.O=C(/C=C/C1=CCC=C1)c1cccc(OCCCn2cc(CN[C@@H]3C(=O)N(c4ccc(Cl)cc4)[C@@H]3/C=C/c3ccccc3)nn2)c1.[Fe+2]. The van der Waals surface area contributed by atoms with Gasteiger partial charge in [-0.1, -0.05) is 120 Å². The van der Waals surface area contributed by atoms with Crippen LogP contribution < -0.4 is 15.0 Å². The monoisotopic (exact) mass is 753 g/mol. The van der Waals surface area contributed by atoms with Crippen molar-refractivity contribution in [2.24, 2.45) is 0 Å². The van der Waals surface area contributed by atoms with Crippen LogP contribution in [0.3, 0.4) is 0 Å². The maximum atomic E-state index is 13.2. The molecule has 10 heteroatoms. The Hall–Kier alpha value is -5.05. The summed E-state index contributed by atoms with van der Waals surface area (Å²) < 4.78 is 7.68. The van der Waals surface area contributed by atoms with E-state index in [-0.39, 0.29) is 34.8 Å². The van der Waals surface area contributed by atoms with Crippen LogP contribution in [0.1, 0.15) is 40.9 Å². The van der Waals surface area contributed by atoms with Crippen molar-refractivity contribution in [3.63, 3.8) is 0 Å². The first-order valence-electron chi connectivity index (χ1n) is 17.1. The van der Waals surface area contributed by atoms with Gasteiger partial charge in [0, 0.05) is 42.0 Å². The minimum absolute atomic E-state index is 0. The summed E-state index contributed by atoms with van der Waals surface area (Å²) in [6, 6.07) is 24.0. The fourth-order valence-electron chi connectivity index (χ4n) is 5.75. The van der Waals surface area contributed by atoms with Crippen LogP contribution in [-0.4, -0.2) is 45.4 Å². The van der Waals surface area contributed by atoms with Crippen molar-refractivity contribution in [3.8, 4) is 5.75 Å². The van der Waals surface area contributed by atoms with E-state index in [1.807, 2.05) is 85.1 Å². The van der Waals surface area contributed by atoms with Gasteiger partial charge in [0.2, 0.25) is 5.91 Å². The van der Waals surface area contributed by atoms with E-state index >= 15 is 0 Å². The second-order valence-corrected chi connectivity index (χ2v) is 12.6. The first kappa shape index (κ1) is 38.2.